The Hall–Kier alpha value is -1.88. The molecule has 4 unspecified atom stereocenters. The summed E-state index contributed by atoms with van der Waals surface area (Å²) in [4.78, 5) is 12.6. The fraction of sp³-hybridized carbons (Fsp3) is 0.500. The van der Waals surface area contributed by atoms with Crippen molar-refractivity contribution in [2.24, 2.45) is 11.8 Å². The highest BCUT2D eigenvalue weighted by atomic mass is 16.5. The molecular weight excluding hydrogens is 266 g/mol. The average Bonchev–Trinajstić information content (AvgIpc) is 3.20. The molecule has 2 aromatic rings. The fourth-order valence-corrected chi connectivity index (χ4v) is 4.08. The molecule has 110 valence electrons. The van der Waals surface area contributed by atoms with Gasteiger partial charge in [0.05, 0.1) is 23.4 Å². The normalized spacial score (nSPS) is 30.9. The Morgan fingerprint density at radius 1 is 1.33 bits per heavy atom. The number of carbonyl (C=O) groups is 1. The van der Waals surface area contributed by atoms with Crippen LogP contribution >= 0.6 is 0 Å². The standard InChI is InChI=1S/C16H19N3O2/c1-21-15-9-10-7-11(15)8-13(10)18-16(20)12-3-2-6-19-14(12)4-5-17-19/h2-6,10-11,13,15H,7-9H2,1H3,(H,18,20). The van der Waals surface area contributed by atoms with Crippen LogP contribution in [0.2, 0.25) is 0 Å². The zero-order valence-corrected chi connectivity index (χ0v) is 12.0. The van der Waals surface area contributed by atoms with Crippen molar-refractivity contribution in [3.05, 3.63) is 36.2 Å². The highest BCUT2D eigenvalue weighted by Gasteiger charge is 2.46. The highest BCUT2D eigenvalue weighted by Crippen LogP contribution is 2.46. The minimum absolute atomic E-state index is 0.00705. The number of hydrogen-bond acceptors (Lipinski definition) is 3. The molecule has 0 spiro atoms. The Morgan fingerprint density at radius 2 is 2.24 bits per heavy atom. The van der Waals surface area contributed by atoms with Gasteiger partial charge in [-0.15, -0.1) is 0 Å². The Kier molecular flexibility index (Phi) is 2.96. The first-order chi connectivity index (χ1) is 10.3. The lowest BCUT2D eigenvalue weighted by Crippen LogP contribution is -2.41. The molecule has 2 aliphatic rings. The molecule has 2 bridgehead atoms. The summed E-state index contributed by atoms with van der Waals surface area (Å²) in [6, 6.07) is 5.88. The average molecular weight is 285 g/mol. The van der Waals surface area contributed by atoms with Crippen molar-refractivity contribution < 1.29 is 9.53 Å². The summed E-state index contributed by atoms with van der Waals surface area (Å²) in [7, 11) is 1.79. The van der Waals surface area contributed by atoms with Gasteiger partial charge in [0.1, 0.15) is 0 Å². The Morgan fingerprint density at radius 3 is 3.00 bits per heavy atom. The van der Waals surface area contributed by atoms with E-state index in [4.69, 9.17) is 4.74 Å². The predicted octanol–water partition coefficient (Wildman–Crippen LogP) is 1.88. The van der Waals surface area contributed by atoms with E-state index in [9.17, 15) is 4.79 Å². The van der Waals surface area contributed by atoms with Gasteiger partial charge in [0.15, 0.2) is 0 Å². The number of nitrogens with one attached hydrogen (secondary N) is 1. The van der Waals surface area contributed by atoms with Gasteiger partial charge < -0.3 is 10.1 Å². The first kappa shape index (κ1) is 12.8. The van der Waals surface area contributed by atoms with Crippen LogP contribution in [0.15, 0.2) is 30.6 Å². The van der Waals surface area contributed by atoms with Crippen LogP contribution in [0.4, 0.5) is 0 Å². The second-order valence-corrected chi connectivity index (χ2v) is 6.16. The summed E-state index contributed by atoms with van der Waals surface area (Å²) in [5, 5.41) is 7.39. The molecule has 5 nitrogen and oxygen atoms in total. The fourth-order valence-electron chi connectivity index (χ4n) is 4.08. The quantitative estimate of drug-likeness (QED) is 0.936. The van der Waals surface area contributed by atoms with Gasteiger partial charge in [0, 0.05) is 19.3 Å². The molecule has 2 saturated carbocycles. The molecule has 4 rings (SSSR count). The molecule has 2 aromatic heterocycles. The Balaban J connectivity index is 1.51. The van der Waals surface area contributed by atoms with Crippen LogP contribution in [-0.2, 0) is 4.74 Å². The van der Waals surface area contributed by atoms with Gasteiger partial charge in [0.25, 0.3) is 5.91 Å². The van der Waals surface area contributed by atoms with Crippen molar-refractivity contribution >= 4 is 11.4 Å². The number of carbonyl (C=O) groups excluding carboxylic acids is 1. The lowest BCUT2D eigenvalue weighted by molar-refractivity contribution is 0.0489. The zero-order valence-electron chi connectivity index (χ0n) is 12.0. The molecule has 2 fully saturated rings. The van der Waals surface area contributed by atoms with Gasteiger partial charge in [-0.2, -0.15) is 5.10 Å². The SMILES string of the molecule is COC1CC2CC1CC2NC(=O)c1cccn2nccc12. The summed E-state index contributed by atoms with van der Waals surface area (Å²) < 4.78 is 7.24. The molecule has 2 heterocycles. The summed E-state index contributed by atoms with van der Waals surface area (Å²) in [5.74, 6) is 1.18. The van der Waals surface area contributed by atoms with Crippen molar-refractivity contribution in [2.45, 2.75) is 31.4 Å². The molecular formula is C16H19N3O2. The van der Waals surface area contributed by atoms with E-state index in [1.54, 1.807) is 17.8 Å². The molecule has 0 aromatic carbocycles. The monoisotopic (exact) mass is 285 g/mol. The summed E-state index contributed by atoms with van der Waals surface area (Å²) in [6.07, 6.45) is 7.25. The number of amides is 1. The predicted molar refractivity (Wildman–Crippen MR) is 78.1 cm³/mol. The van der Waals surface area contributed by atoms with E-state index in [2.05, 4.69) is 10.4 Å². The van der Waals surface area contributed by atoms with E-state index >= 15 is 0 Å². The molecule has 4 atom stereocenters. The zero-order chi connectivity index (χ0) is 14.4. The van der Waals surface area contributed by atoms with Crippen molar-refractivity contribution in [3.63, 3.8) is 0 Å². The first-order valence-corrected chi connectivity index (χ1v) is 7.52. The molecule has 0 aliphatic heterocycles. The lowest BCUT2D eigenvalue weighted by atomic mass is 9.92. The Bertz CT molecular complexity index is 681. The summed E-state index contributed by atoms with van der Waals surface area (Å²) >= 11 is 0. The molecule has 1 amide bonds. The third kappa shape index (κ3) is 2.03. The lowest BCUT2D eigenvalue weighted by Gasteiger charge is -2.27. The maximum absolute atomic E-state index is 12.6. The maximum Gasteiger partial charge on any atom is 0.253 e. The van der Waals surface area contributed by atoms with E-state index in [1.165, 1.54) is 6.42 Å². The van der Waals surface area contributed by atoms with Gasteiger partial charge in [-0.25, -0.2) is 4.52 Å². The third-order valence-corrected chi connectivity index (χ3v) is 5.09. The van der Waals surface area contributed by atoms with Crippen LogP contribution in [0.25, 0.3) is 5.52 Å². The number of nitrogens with zero attached hydrogens (tertiary/aromatic N) is 2. The summed E-state index contributed by atoms with van der Waals surface area (Å²) in [5.41, 5.74) is 1.55. The van der Waals surface area contributed by atoms with E-state index in [0.717, 1.165) is 18.4 Å². The summed E-state index contributed by atoms with van der Waals surface area (Å²) in [6.45, 7) is 0. The van der Waals surface area contributed by atoms with Gasteiger partial charge in [-0.1, -0.05) is 0 Å². The number of rotatable bonds is 3. The van der Waals surface area contributed by atoms with Crippen LogP contribution in [0.1, 0.15) is 29.6 Å². The number of pyridine rings is 1. The van der Waals surface area contributed by atoms with Crippen molar-refractivity contribution in [2.75, 3.05) is 7.11 Å². The van der Waals surface area contributed by atoms with Gasteiger partial charge in [-0.05, 0) is 49.3 Å². The maximum atomic E-state index is 12.6. The number of fused-ring (bicyclic) bond motifs is 3. The van der Waals surface area contributed by atoms with E-state index in [-0.39, 0.29) is 11.9 Å². The number of aromatic nitrogens is 2. The Labute approximate surface area is 123 Å². The van der Waals surface area contributed by atoms with Crippen LogP contribution < -0.4 is 5.32 Å². The van der Waals surface area contributed by atoms with Gasteiger partial charge in [-0.3, -0.25) is 4.79 Å². The van der Waals surface area contributed by atoms with Crippen LogP contribution in [-0.4, -0.2) is 34.8 Å². The van der Waals surface area contributed by atoms with E-state index < -0.39 is 0 Å². The second kappa shape index (κ2) is 4.84. The topological polar surface area (TPSA) is 55.6 Å². The molecule has 21 heavy (non-hydrogen) atoms. The number of methoxy groups -OCH3 is 1. The molecule has 1 N–H and O–H groups in total. The second-order valence-electron chi connectivity index (χ2n) is 6.16. The first-order valence-electron chi connectivity index (χ1n) is 7.52. The van der Waals surface area contributed by atoms with Gasteiger partial charge >= 0.3 is 0 Å². The van der Waals surface area contributed by atoms with Crippen LogP contribution in [0.5, 0.6) is 0 Å². The van der Waals surface area contributed by atoms with E-state index in [0.29, 0.717) is 23.5 Å². The molecule has 0 radical (unpaired) electrons. The highest BCUT2D eigenvalue weighted by molar-refractivity contribution is 6.00. The van der Waals surface area contributed by atoms with Crippen molar-refractivity contribution in [1.29, 1.82) is 0 Å². The van der Waals surface area contributed by atoms with E-state index in [1.807, 2.05) is 24.4 Å². The third-order valence-electron chi connectivity index (χ3n) is 5.09. The van der Waals surface area contributed by atoms with Crippen LogP contribution in [0, 0.1) is 11.8 Å². The molecule has 5 heteroatoms. The smallest absolute Gasteiger partial charge is 0.253 e. The van der Waals surface area contributed by atoms with Gasteiger partial charge in [0.2, 0.25) is 0 Å². The molecule has 2 aliphatic carbocycles. The number of ether oxygens (including phenoxy) is 1. The number of hydrogen-bond donors (Lipinski definition) is 1. The minimum Gasteiger partial charge on any atom is -0.381 e. The largest absolute Gasteiger partial charge is 0.381 e. The molecule has 0 saturated heterocycles. The van der Waals surface area contributed by atoms with Crippen molar-refractivity contribution in [1.82, 2.24) is 14.9 Å². The van der Waals surface area contributed by atoms with Crippen molar-refractivity contribution in [3.8, 4) is 0 Å². The minimum atomic E-state index is 0.00705. The van der Waals surface area contributed by atoms with Crippen LogP contribution in [0.3, 0.4) is 0 Å².